The first-order valence-corrected chi connectivity index (χ1v) is 6.53. The van der Waals surface area contributed by atoms with Gasteiger partial charge in [0.1, 0.15) is 5.58 Å². The minimum absolute atomic E-state index is 0.207. The van der Waals surface area contributed by atoms with E-state index in [-0.39, 0.29) is 5.78 Å². The first-order chi connectivity index (χ1) is 9.15. The maximum atomic E-state index is 12.4. The minimum Gasteiger partial charge on any atom is -0.453 e. The molecule has 0 unspecified atom stereocenters. The number of benzene rings is 2. The number of anilines is 1. The van der Waals surface area contributed by atoms with Crippen molar-refractivity contribution in [1.82, 2.24) is 0 Å². The van der Waals surface area contributed by atoms with E-state index in [1.54, 1.807) is 24.3 Å². The van der Waals surface area contributed by atoms with Crippen molar-refractivity contribution >= 4 is 38.4 Å². The summed E-state index contributed by atoms with van der Waals surface area (Å²) in [6.07, 6.45) is 0. The van der Waals surface area contributed by atoms with E-state index in [0.717, 1.165) is 9.86 Å². The van der Waals surface area contributed by atoms with Crippen LogP contribution in [0.5, 0.6) is 0 Å². The van der Waals surface area contributed by atoms with Gasteiger partial charge >= 0.3 is 0 Å². The fourth-order valence-electron chi connectivity index (χ4n) is 1.97. The highest BCUT2D eigenvalue weighted by Crippen LogP contribution is 2.25. The molecule has 0 aliphatic rings. The summed E-state index contributed by atoms with van der Waals surface area (Å²) in [5.74, 6) is 0.0939. The number of rotatable bonds is 2. The average Bonchev–Trinajstić information content (AvgIpc) is 2.81. The van der Waals surface area contributed by atoms with Crippen molar-refractivity contribution in [2.24, 2.45) is 0 Å². The predicted octanol–water partition coefficient (Wildman–Crippen LogP) is 4.01. The van der Waals surface area contributed by atoms with Crippen LogP contribution in [0.3, 0.4) is 0 Å². The van der Waals surface area contributed by atoms with Gasteiger partial charge in [0.25, 0.3) is 0 Å². The van der Waals surface area contributed by atoms with Gasteiger partial charge in [-0.3, -0.25) is 4.79 Å². The molecule has 3 nitrogen and oxygen atoms in total. The van der Waals surface area contributed by atoms with Crippen LogP contribution in [0, 0.1) is 0 Å². The number of ketones is 1. The number of furan rings is 1. The first kappa shape index (κ1) is 12.0. The SMILES string of the molecule is Nc1cc(Br)ccc1C(=O)c1cc2ccccc2o1. The lowest BCUT2D eigenvalue weighted by Gasteiger charge is -2.02. The Bertz CT molecular complexity index is 744. The van der Waals surface area contributed by atoms with Crippen LogP contribution in [0.25, 0.3) is 11.0 Å². The van der Waals surface area contributed by atoms with Crippen molar-refractivity contribution in [3.8, 4) is 0 Å². The second kappa shape index (κ2) is 4.55. The van der Waals surface area contributed by atoms with Gasteiger partial charge in [-0.15, -0.1) is 0 Å². The number of carbonyl (C=O) groups is 1. The Labute approximate surface area is 118 Å². The van der Waals surface area contributed by atoms with Gasteiger partial charge in [-0.25, -0.2) is 0 Å². The summed E-state index contributed by atoms with van der Waals surface area (Å²) < 4.78 is 6.39. The Balaban J connectivity index is 2.08. The molecule has 1 heterocycles. The molecule has 0 saturated heterocycles. The van der Waals surface area contributed by atoms with Crippen LogP contribution >= 0.6 is 15.9 Å². The van der Waals surface area contributed by atoms with E-state index in [0.29, 0.717) is 22.6 Å². The van der Waals surface area contributed by atoms with Gasteiger partial charge in [0.2, 0.25) is 5.78 Å². The Kier molecular flexibility index (Phi) is 2.87. The lowest BCUT2D eigenvalue weighted by molar-refractivity contribution is 0.101. The van der Waals surface area contributed by atoms with Crippen LogP contribution in [-0.4, -0.2) is 5.78 Å². The van der Waals surface area contributed by atoms with E-state index < -0.39 is 0 Å². The van der Waals surface area contributed by atoms with Crippen molar-refractivity contribution in [3.63, 3.8) is 0 Å². The van der Waals surface area contributed by atoms with Crippen LogP contribution < -0.4 is 5.73 Å². The molecular formula is C15H10BrNO2. The second-order valence-corrected chi connectivity index (χ2v) is 5.12. The number of carbonyl (C=O) groups excluding carboxylic acids is 1. The van der Waals surface area contributed by atoms with E-state index in [2.05, 4.69) is 15.9 Å². The highest BCUT2D eigenvalue weighted by Gasteiger charge is 2.16. The third kappa shape index (κ3) is 2.15. The summed E-state index contributed by atoms with van der Waals surface area (Å²) in [6.45, 7) is 0. The van der Waals surface area contributed by atoms with Crippen LogP contribution in [0.2, 0.25) is 0 Å². The zero-order valence-corrected chi connectivity index (χ0v) is 11.5. The topological polar surface area (TPSA) is 56.2 Å². The van der Waals surface area contributed by atoms with E-state index in [1.807, 2.05) is 24.3 Å². The summed E-state index contributed by atoms with van der Waals surface area (Å²) >= 11 is 3.32. The summed E-state index contributed by atoms with van der Waals surface area (Å²) in [5, 5.41) is 0.904. The van der Waals surface area contributed by atoms with E-state index >= 15 is 0 Å². The number of nitrogens with two attached hydrogens (primary N) is 1. The second-order valence-electron chi connectivity index (χ2n) is 4.21. The zero-order chi connectivity index (χ0) is 13.4. The molecule has 0 spiro atoms. The van der Waals surface area contributed by atoms with E-state index in [1.165, 1.54) is 0 Å². The van der Waals surface area contributed by atoms with Crippen molar-refractivity contribution in [1.29, 1.82) is 0 Å². The van der Waals surface area contributed by atoms with E-state index in [4.69, 9.17) is 10.2 Å². The molecule has 0 bridgehead atoms. The van der Waals surface area contributed by atoms with Gasteiger partial charge < -0.3 is 10.2 Å². The van der Waals surface area contributed by atoms with Crippen molar-refractivity contribution in [3.05, 3.63) is 64.3 Å². The third-order valence-electron chi connectivity index (χ3n) is 2.91. The molecule has 0 saturated carbocycles. The Morgan fingerprint density at radius 2 is 1.89 bits per heavy atom. The molecule has 0 atom stereocenters. The molecule has 3 rings (SSSR count). The fourth-order valence-corrected chi connectivity index (χ4v) is 2.35. The lowest BCUT2D eigenvalue weighted by atomic mass is 10.1. The monoisotopic (exact) mass is 315 g/mol. The maximum Gasteiger partial charge on any atom is 0.230 e. The zero-order valence-electron chi connectivity index (χ0n) is 9.89. The first-order valence-electron chi connectivity index (χ1n) is 5.73. The summed E-state index contributed by atoms with van der Waals surface area (Å²) in [4.78, 5) is 12.4. The fraction of sp³-hybridized carbons (Fsp3) is 0. The van der Waals surface area contributed by atoms with Gasteiger partial charge in [-0.05, 0) is 30.3 Å². The molecule has 94 valence electrons. The highest BCUT2D eigenvalue weighted by molar-refractivity contribution is 9.10. The quantitative estimate of drug-likeness (QED) is 0.574. The molecule has 0 fully saturated rings. The molecule has 0 aliphatic carbocycles. The van der Waals surface area contributed by atoms with Crippen molar-refractivity contribution < 1.29 is 9.21 Å². The van der Waals surface area contributed by atoms with Crippen LogP contribution in [0.4, 0.5) is 5.69 Å². The summed E-state index contributed by atoms with van der Waals surface area (Å²) in [7, 11) is 0. The standard InChI is InChI=1S/C15H10BrNO2/c16-10-5-6-11(12(17)8-10)15(18)14-7-9-3-1-2-4-13(9)19-14/h1-8H,17H2. The highest BCUT2D eigenvalue weighted by atomic mass is 79.9. The third-order valence-corrected chi connectivity index (χ3v) is 3.40. The minimum atomic E-state index is -0.207. The summed E-state index contributed by atoms with van der Waals surface area (Å²) in [5.41, 5.74) is 7.43. The Morgan fingerprint density at radius 3 is 2.63 bits per heavy atom. The molecule has 2 N–H and O–H groups in total. The number of nitrogen functional groups attached to an aromatic ring is 1. The maximum absolute atomic E-state index is 12.4. The number of para-hydroxylation sites is 1. The lowest BCUT2D eigenvalue weighted by Crippen LogP contribution is -2.04. The largest absolute Gasteiger partial charge is 0.453 e. The molecule has 2 aromatic carbocycles. The van der Waals surface area contributed by atoms with Gasteiger partial charge in [0.15, 0.2) is 5.76 Å². The number of fused-ring (bicyclic) bond motifs is 1. The normalized spacial score (nSPS) is 10.8. The van der Waals surface area contributed by atoms with Crippen LogP contribution in [0.15, 0.2) is 57.4 Å². The molecule has 3 aromatic rings. The van der Waals surface area contributed by atoms with Gasteiger partial charge in [-0.2, -0.15) is 0 Å². The smallest absolute Gasteiger partial charge is 0.230 e. The Morgan fingerprint density at radius 1 is 1.11 bits per heavy atom. The van der Waals surface area contributed by atoms with Gasteiger partial charge in [-0.1, -0.05) is 34.1 Å². The van der Waals surface area contributed by atoms with Crippen LogP contribution in [0.1, 0.15) is 16.1 Å². The van der Waals surface area contributed by atoms with Crippen molar-refractivity contribution in [2.75, 3.05) is 5.73 Å². The molecule has 1 aromatic heterocycles. The van der Waals surface area contributed by atoms with E-state index in [9.17, 15) is 4.79 Å². The van der Waals surface area contributed by atoms with Gasteiger partial charge in [0.05, 0.1) is 0 Å². The molecule has 19 heavy (non-hydrogen) atoms. The average molecular weight is 316 g/mol. The number of hydrogen-bond donors (Lipinski definition) is 1. The number of hydrogen-bond acceptors (Lipinski definition) is 3. The van der Waals surface area contributed by atoms with Crippen LogP contribution in [-0.2, 0) is 0 Å². The predicted molar refractivity (Wildman–Crippen MR) is 78.2 cm³/mol. The Hall–Kier alpha value is -2.07. The molecule has 0 amide bonds. The molecule has 0 radical (unpaired) electrons. The van der Waals surface area contributed by atoms with Crippen molar-refractivity contribution in [2.45, 2.75) is 0 Å². The van der Waals surface area contributed by atoms with Gasteiger partial charge in [0, 0.05) is 21.1 Å². The molecule has 0 aliphatic heterocycles. The molecule has 4 heteroatoms. The molecular weight excluding hydrogens is 306 g/mol. The number of halogens is 1. The summed E-state index contributed by atoms with van der Waals surface area (Å²) in [6, 6.07) is 14.4.